The Morgan fingerprint density at radius 1 is 0.732 bits per heavy atom. The second kappa shape index (κ2) is 21.9. The molecule has 2 N–H and O–H groups in total. The molecule has 1 aromatic carbocycles. The summed E-state index contributed by atoms with van der Waals surface area (Å²) in [4.78, 5) is 14.0. The van der Waals surface area contributed by atoms with E-state index in [1.165, 1.54) is 125 Å². The molecule has 0 unspecified atom stereocenters. The fourth-order valence-corrected chi connectivity index (χ4v) is 7.68. The average molecular weight is 603 g/mol. The van der Waals surface area contributed by atoms with Gasteiger partial charge in [-0.25, -0.2) is 0 Å². The maximum Gasteiger partial charge on any atom is 0.261 e. The number of fused-ring (bicyclic) bond motifs is 1. The van der Waals surface area contributed by atoms with Crippen LogP contribution in [-0.2, 0) is 11.2 Å². The standard InChI is InChI=1S/C34H54N2O3S2/c1-4-7-10-13-16-19-22-27-25-29(38-23-20-17-14-11-8-5-2)31-32(41-34(40-31)28(26-35)33(36)37)30(27)39-24-21-18-15-12-9-6-3/h25H,4-24H2,1-3H3,(H2,36,37)/b34-28+. The number of nitrogens with two attached hydrogens (primary N) is 1. The number of aryl methyl sites for hydroxylation is 1. The van der Waals surface area contributed by atoms with Crippen molar-refractivity contribution in [3.8, 4) is 17.6 Å². The maximum absolute atomic E-state index is 12.0. The first-order chi connectivity index (χ1) is 20.1. The van der Waals surface area contributed by atoms with Crippen LogP contribution in [0.5, 0.6) is 11.5 Å². The molecule has 2 rings (SSSR count). The van der Waals surface area contributed by atoms with E-state index in [4.69, 9.17) is 15.2 Å². The Hall–Kier alpha value is -1.78. The molecule has 0 aromatic heterocycles. The summed E-state index contributed by atoms with van der Waals surface area (Å²) in [5.74, 6) is 1.06. The third kappa shape index (κ3) is 13.0. The highest BCUT2D eigenvalue weighted by Gasteiger charge is 2.31. The van der Waals surface area contributed by atoms with Crippen LogP contribution in [0.25, 0.3) is 0 Å². The highest BCUT2D eigenvalue weighted by Crippen LogP contribution is 2.60. The second-order valence-electron chi connectivity index (χ2n) is 11.1. The number of ether oxygens (including phenoxy) is 2. The molecular formula is C34H54N2O3S2. The highest BCUT2D eigenvalue weighted by atomic mass is 32.2. The van der Waals surface area contributed by atoms with Crippen LogP contribution in [0.4, 0.5) is 0 Å². The summed E-state index contributed by atoms with van der Waals surface area (Å²) in [5, 5.41) is 9.66. The molecule has 0 radical (unpaired) electrons. The molecule has 41 heavy (non-hydrogen) atoms. The molecule has 0 atom stereocenters. The number of nitriles is 1. The third-order valence-corrected chi connectivity index (χ3v) is 10.1. The summed E-state index contributed by atoms with van der Waals surface area (Å²) < 4.78 is 13.6. The van der Waals surface area contributed by atoms with Gasteiger partial charge >= 0.3 is 0 Å². The van der Waals surface area contributed by atoms with E-state index < -0.39 is 5.91 Å². The van der Waals surface area contributed by atoms with Crippen molar-refractivity contribution in [1.29, 1.82) is 5.26 Å². The van der Waals surface area contributed by atoms with Crippen molar-refractivity contribution < 1.29 is 14.3 Å². The molecule has 230 valence electrons. The van der Waals surface area contributed by atoms with Crippen LogP contribution in [0.3, 0.4) is 0 Å². The van der Waals surface area contributed by atoms with Crippen LogP contribution in [-0.4, -0.2) is 19.1 Å². The quantitative estimate of drug-likeness (QED) is 0.0719. The summed E-state index contributed by atoms with van der Waals surface area (Å²) in [6, 6.07) is 4.20. The van der Waals surface area contributed by atoms with Gasteiger partial charge in [0.15, 0.2) is 0 Å². The lowest BCUT2D eigenvalue weighted by molar-refractivity contribution is -0.114. The molecule has 0 bridgehead atoms. The molecule has 1 aliphatic heterocycles. The van der Waals surface area contributed by atoms with Gasteiger partial charge in [0.05, 0.1) is 27.2 Å². The van der Waals surface area contributed by atoms with Crippen LogP contribution in [0, 0.1) is 11.3 Å². The first-order valence-electron chi connectivity index (χ1n) is 16.3. The van der Waals surface area contributed by atoms with E-state index in [1.54, 1.807) is 0 Å². The van der Waals surface area contributed by atoms with Gasteiger partial charge in [-0.1, -0.05) is 141 Å². The van der Waals surface area contributed by atoms with Crippen molar-refractivity contribution in [2.75, 3.05) is 13.2 Å². The minimum atomic E-state index is -0.688. The molecule has 0 fully saturated rings. The van der Waals surface area contributed by atoms with Gasteiger partial charge in [-0.3, -0.25) is 4.79 Å². The van der Waals surface area contributed by atoms with Crippen LogP contribution in [0.2, 0.25) is 0 Å². The first kappa shape index (κ1) is 35.4. The molecule has 0 saturated heterocycles. The molecule has 1 amide bonds. The monoisotopic (exact) mass is 602 g/mol. The second-order valence-corrected chi connectivity index (χ2v) is 13.4. The minimum Gasteiger partial charge on any atom is -0.492 e. The number of benzene rings is 1. The van der Waals surface area contributed by atoms with Crippen LogP contribution >= 0.6 is 23.5 Å². The smallest absolute Gasteiger partial charge is 0.261 e. The van der Waals surface area contributed by atoms with Gasteiger partial charge in [0.2, 0.25) is 0 Å². The first-order valence-corrected chi connectivity index (χ1v) is 18.0. The van der Waals surface area contributed by atoms with E-state index in [0.717, 1.165) is 47.0 Å². The Morgan fingerprint density at radius 3 is 1.76 bits per heavy atom. The van der Waals surface area contributed by atoms with E-state index in [2.05, 4.69) is 26.8 Å². The number of thioether (sulfide) groups is 2. The molecule has 1 aliphatic rings. The molecule has 0 saturated carbocycles. The molecular weight excluding hydrogens is 549 g/mol. The Kier molecular flexibility index (Phi) is 18.9. The Labute approximate surface area is 258 Å². The number of primary amides is 1. The van der Waals surface area contributed by atoms with Crippen molar-refractivity contribution in [1.82, 2.24) is 0 Å². The number of unbranched alkanes of at least 4 members (excludes halogenated alkanes) is 15. The number of nitrogens with zero attached hydrogens (tertiary/aromatic N) is 1. The van der Waals surface area contributed by atoms with Crippen molar-refractivity contribution >= 4 is 29.4 Å². The SMILES string of the molecule is CCCCCCCCOc1cc(CCCCCCCC)c(OCCCCCCCC)c2c1S/C(=C(/C#N)C(N)=O)S2. The van der Waals surface area contributed by atoms with Gasteiger partial charge < -0.3 is 15.2 Å². The predicted molar refractivity (Wildman–Crippen MR) is 175 cm³/mol. The Bertz CT molecular complexity index is 987. The fraction of sp³-hybridized carbons (Fsp3) is 0.706. The number of amides is 1. The predicted octanol–water partition coefficient (Wildman–Crippen LogP) is 10.5. The molecule has 5 nitrogen and oxygen atoms in total. The van der Waals surface area contributed by atoms with Gasteiger partial charge in [-0.15, -0.1) is 0 Å². The average Bonchev–Trinajstić information content (AvgIpc) is 3.40. The largest absolute Gasteiger partial charge is 0.492 e. The van der Waals surface area contributed by atoms with Crippen LogP contribution in [0.1, 0.15) is 142 Å². The number of hydrogen-bond acceptors (Lipinski definition) is 6. The van der Waals surface area contributed by atoms with E-state index in [-0.39, 0.29) is 5.57 Å². The van der Waals surface area contributed by atoms with Gasteiger partial charge in [0.1, 0.15) is 23.1 Å². The molecule has 0 aliphatic carbocycles. The van der Waals surface area contributed by atoms with Crippen molar-refractivity contribution in [2.45, 2.75) is 153 Å². The lowest BCUT2D eigenvalue weighted by Gasteiger charge is -2.18. The minimum absolute atomic E-state index is 0.0115. The topological polar surface area (TPSA) is 85.3 Å². The van der Waals surface area contributed by atoms with Crippen LogP contribution in [0.15, 0.2) is 25.7 Å². The number of hydrogen-bond donors (Lipinski definition) is 1. The highest BCUT2D eigenvalue weighted by molar-refractivity contribution is 8.24. The van der Waals surface area contributed by atoms with Crippen molar-refractivity contribution in [3.05, 3.63) is 21.4 Å². The number of rotatable bonds is 24. The maximum atomic E-state index is 12.0. The summed E-state index contributed by atoms with van der Waals surface area (Å²) in [6.07, 6.45) is 22.9. The number of carbonyl (C=O) groups excluding carboxylic acids is 1. The zero-order valence-corrected chi connectivity index (χ0v) is 27.6. The Morgan fingerprint density at radius 2 is 1.22 bits per heavy atom. The number of carbonyl (C=O) groups is 1. The Balaban J connectivity index is 2.26. The summed E-state index contributed by atoms with van der Waals surface area (Å²) in [7, 11) is 0. The molecule has 0 spiro atoms. The van der Waals surface area contributed by atoms with Gasteiger partial charge in [-0.2, -0.15) is 5.26 Å². The van der Waals surface area contributed by atoms with Crippen molar-refractivity contribution in [3.63, 3.8) is 0 Å². The fourth-order valence-electron chi connectivity index (χ4n) is 5.02. The molecule has 7 heteroatoms. The van der Waals surface area contributed by atoms with Gasteiger partial charge in [0, 0.05) is 0 Å². The van der Waals surface area contributed by atoms with Crippen molar-refractivity contribution in [2.24, 2.45) is 5.73 Å². The zero-order valence-electron chi connectivity index (χ0n) is 26.0. The zero-order chi connectivity index (χ0) is 29.7. The lowest BCUT2D eigenvalue weighted by Crippen LogP contribution is -2.13. The van der Waals surface area contributed by atoms with E-state index in [0.29, 0.717) is 17.5 Å². The van der Waals surface area contributed by atoms with Gasteiger partial charge in [0.25, 0.3) is 5.91 Å². The summed E-state index contributed by atoms with van der Waals surface area (Å²) in [6.45, 7) is 8.06. The van der Waals surface area contributed by atoms with Gasteiger partial charge in [-0.05, 0) is 37.3 Å². The molecule has 1 aromatic rings. The lowest BCUT2D eigenvalue weighted by atomic mass is 10.0. The summed E-state index contributed by atoms with van der Waals surface area (Å²) >= 11 is 2.87. The van der Waals surface area contributed by atoms with E-state index >= 15 is 0 Å². The normalized spacial score (nSPS) is 13.6. The summed E-state index contributed by atoms with van der Waals surface area (Å²) in [5.41, 5.74) is 6.76. The van der Waals surface area contributed by atoms with E-state index in [1.807, 2.05) is 6.07 Å². The van der Waals surface area contributed by atoms with Crippen LogP contribution < -0.4 is 15.2 Å². The molecule has 1 heterocycles. The third-order valence-electron chi connectivity index (χ3n) is 7.48. The van der Waals surface area contributed by atoms with E-state index in [9.17, 15) is 10.1 Å².